The van der Waals surface area contributed by atoms with Gasteiger partial charge in [0.25, 0.3) is 0 Å². The van der Waals surface area contributed by atoms with Crippen LogP contribution in [0.2, 0.25) is 0 Å². The molecule has 0 amide bonds. The van der Waals surface area contributed by atoms with Crippen LogP contribution < -0.4 is 4.74 Å². The van der Waals surface area contributed by atoms with Gasteiger partial charge < -0.3 is 4.74 Å². The molecule has 0 aliphatic heterocycles. The Bertz CT molecular complexity index is 838. The number of hydrogen-bond acceptors (Lipinski definition) is 2. The van der Waals surface area contributed by atoms with Gasteiger partial charge in [-0.3, -0.25) is 4.79 Å². The maximum Gasteiger partial charge on any atom is 0.150 e. The first-order chi connectivity index (χ1) is 11.7. The lowest BCUT2D eigenvalue weighted by Gasteiger charge is -2.10. The smallest absolute Gasteiger partial charge is 0.150 e. The lowest BCUT2D eigenvalue weighted by Crippen LogP contribution is -1.98. The van der Waals surface area contributed by atoms with Gasteiger partial charge in [-0.15, -0.1) is 0 Å². The molecule has 3 aromatic rings. The molecule has 2 nitrogen and oxygen atoms in total. The fourth-order valence-electron chi connectivity index (χ4n) is 2.42. The first-order valence-corrected chi connectivity index (χ1v) is 7.39. The zero-order chi connectivity index (χ0) is 16.9. The van der Waals surface area contributed by atoms with Gasteiger partial charge in [-0.25, -0.2) is 8.78 Å². The van der Waals surface area contributed by atoms with Crippen molar-refractivity contribution in [2.45, 2.75) is 6.61 Å². The van der Waals surface area contributed by atoms with Crippen molar-refractivity contribution in [1.29, 1.82) is 0 Å². The Morgan fingerprint density at radius 3 is 2.25 bits per heavy atom. The molecule has 0 spiro atoms. The van der Waals surface area contributed by atoms with Crippen LogP contribution in [0.1, 0.15) is 15.9 Å². The first-order valence-electron chi connectivity index (χ1n) is 7.39. The summed E-state index contributed by atoms with van der Waals surface area (Å²) in [5.41, 5.74) is 1.40. The predicted molar refractivity (Wildman–Crippen MR) is 88.0 cm³/mol. The van der Waals surface area contributed by atoms with Crippen molar-refractivity contribution in [1.82, 2.24) is 0 Å². The summed E-state index contributed by atoms with van der Waals surface area (Å²) in [4.78, 5) is 10.8. The SMILES string of the molecule is O=Cc1cccc(-c2c(F)cc(OCc3ccccc3)cc2F)c1. The van der Waals surface area contributed by atoms with E-state index in [1.54, 1.807) is 18.2 Å². The van der Waals surface area contributed by atoms with E-state index in [0.29, 0.717) is 17.4 Å². The Kier molecular flexibility index (Phi) is 4.66. The van der Waals surface area contributed by atoms with Crippen LogP contribution in [0.25, 0.3) is 11.1 Å². The monoisotopic (exact) mass is 324 g/mol. The number of benzene rings is 3. The van der Waals surface area contributed by atoms with Crippen molar-refractivity contribution < 1.29 is 18.3 Å². The number of ether oxygens (including phenoxy) is 1. The number of aldehydes is 1. The van der Waals surface area contributed by atoms with E-state index in [1.807, 2.05) is 30.3 Å². The van der Waals surface area contributed by atoms with E-state index in [2.05, 4.69) is 0 Å². The minimum absolute atomic E-state index is 0.115. The third-order valence-electron chi connectivity index (χ3n) is 3.58. The van der Waals surface area contributed by atoms with Crippen LogP contribution in [-0.2, 0) is 6.61 Å². The Hall–Kier alpha value is -3.01. The molecule has 120 valence electrons. The van der Waals surface area contributed by atoms with E-state index in [1.165, 1.54) is 6.07 Å². The van der Waals surface area contributed by atoms with Crippen LogP contribution in [0.3, 0.4) is 0 Å². The molecule has 0 unspecified atom stereocenters. The molecule has 0 atom stereocenters. The second-order valence-corrected chi connectivity index (χ2v) is 5.28. The van der Waals surface area contributed by atoms with Gasteiger partial charge in [-0.05, 0) is 17.2 Å². The van der Waals surface area contributed by atoms with E-state index in [-0.39, 0.29) is 17.9 Å². The second-order valence-electron chi connectivity index (χ2n) is 5.28. The summed E-state index contributed by atoms with van der Waals surface area (Å²) >= 11 is 0. The van der Waals surface area contributed by atoms with Gasteiger partial charge >= 0.3 is 0 Å². The third kappa shape index (κ3) is 3.49. The van der Waals surface area contributed by atoms with Crippen molar-refractivity contribution in [3.05, 3.63) is 89.5 Å². The summed E-state index contributed by atoms with van der Waals surface area (Å²) in [5.74, 6) is -1.36. The molecule has 0 N–H and O–H groups in total. The van der Waals surface area contributed by atoms with Crippen molar-refractivity contribution in [3.8, 4) is 16.9 Å². The number of halogens is 2. The van der Waals surface area contributed by atoms with Gasteiger partial charge in [0.1, 0.15) is 30.3 Å². The highest BCUT2D eigenvalue weighted by molar-refractivity contribution is 5.79. The molecule has 4 heteroatoms. The number of hydrogen-bond donors (Lipinski definition) is 0. The van der Waals surface area contributed by atoms with Crippen molar-refractivity contribution >= 4 is 6.29 Å². The molecule has 3 aromatic carbocycles. The molecule has 3 rings (SSSR count). The Labute approximate surface area is 138 Å². The fourth-order valence-corrected chi connectivity index (χ4v) is 2.42. The summed E-state index contributed by atoms with van der Waals surface area (Å²) in [5, 5.41) is 0. The summed E-state index contributed by atoms with van der Waals surface area (Å²) in [6, 6.07) is 17.8. The van der Waals surface area contributed by atoms with Crippen LogP contribution >= 0.6 is 0 Å². The highest BCUT2D eigenvalue weighted by Gasteiger charge is 2.14. The molecule has 24 heavy (non-hydrogen) atoms. The average molecular weight is 324 g/mol. The van der Waals surface area contributed by atoms with Crippen molar-refractivity contribution in [2.75, 3.05) is 0 Å². The average Bonchev–Trinajstić information content (AvgIpc) is 2.60. The van der Waals surface area contributed by atoms with Crippen LogP contribution in [-0.4, -0.2) is 6.29 Å². The predicted octanol–water partition coefficient (Wildman–Crippen LogP) is 5.02. The van der Waals surface area contributed by atoms with Gasteiger partial charge in [-0.2, -0.15) is 0 Å². The third-order valence-corrected chi connectivity index (χ3v) is 3.58. The molecule has 0 saturated carbocycles. The van der Waals surface area contributed by atoms with Crippen molar-refractivity contribution in [3.63, 3.8) is 0 Å². The van der Waals surface area contributed by atoms with Crippen molar-refractivity contribution in [2.24, 2.45) is 0 Å². The minimum Gasteiger partial charge on any atom is -0.489 e. The molecule has 0 bridgehead atoms. The topological polar surface area (TPSA) is 26.3 Å². The number of carbonyl (C=O) groups excluding carboxylic acids is 1. The van der Waals surface area contributed by atoms with E-state index in [9.17, 15) is 13.6 Å². The van der Waals surface area contributed by atoms with Gasteiger partial charge in [0.15, 0.2) is 0 Å². The van der Waals surface area contributed by atoms with Crippen LogP contribution in [0.5, 0.6) is 5.75 Å². The maximum atomic E-state index is 14.3. The van der Waals surface area contributed by atoms with E-state index in [4.69, 9.17) is 4.74 Å². The molecular formula is C20H14F2O2. The number of carbonyl (C=O) groups is 1. The summed E-state index contributed by atoms with van der Waals surface area (Å²) < 4.78 is 34.2. The Balaban J connectivity index is 1.87. The van der Waals surface area contributed by atoms with Crippen LogP contribution in [0.15, 0.2) is 66.7 Å². The molecular weight excluding hydrogens is 310 g/mol. The first kappa shape index (κ1) is 15.9. The fraction of sp³-hybridized carbons (Fsp3) is 0.0500. The molecule has 0 saturated heterocycles. The highest BCUT2D eigenvalue weighted by Crippen LogP contribution is 2.30. The lowest BCUT2D eigenvalue weighted by atomic mass is 10.0. The minimum atomic E-state index is -0.735. The molecule has 0 aromatic heterocycles. The molecule has 0 heterocycles. The Morgan fingerprint density at radius 1 is 0.875 bits per heavy atom. The van der Waals surface area contributed by atoms with Crippen LogP contribution in [0.4, 0.5) is 8.78 Å². The normalized spacial score (nSPS) is 10.4. The summed E-state index contributed by atoms with van der Waals surface area (Å²) in [6.45, 7) is 0.222. The van der Waals surface area contributed by atoms with Gasteiger partial charge in [0.2, 0.25) is 0 Å². The Morgan fingerprint density at radius 2 is 1.58 bits per heavy atom. The summed E-state index contributed by atoms with van der Waals surface area (Å²) in [6.07, 6.45) is 0.636. The largest absolute Gasteiger partial charge is 0.489 e. The quantitative estimate of drug-likeness (QED) is 0.616. The van der Waals surface area contributed by atoms with Gasteiger partial charge in [0, 0.05) is 17.7 Å². The van der Waals surface area contributed by atoms with Gasteiger partial charge in [-0.1, -0.05) is 48.5 Å². The molecule has 0 aliphatic rings. The number of rotatable bonds is 5. The van der Waals surface area contributed by atoms with Gasteiger partial charge in [0.05, 0.1) is 5.56 Å². The van der Waals surface area contributed by atoms with E-state index in [0.717, 1.165) is 17.7 Å². The van der Waals surface area contributed by atoms with E-state index < -0.39 is 11.6 Å². The zero-order valence-electron chi connectivity index (χ0n) is 12.7. The highest BCUT2D eigenvalue weighted by atomic mass is 19.1. The molecule has 0 aliphatic carbocycles. The molecule has 0 fully saturated rings. The summed E-state index contributed by atoms with van der Waals surface area (Å²) in [7, 11) is 0. The standard InChI is InChI=1S/C20H14F2O2/c21-18-10-17(24-13-14-5-2-1-3-6-14)11-19(22)20(18)16-8-4-7-15(9-16)12-23/h1-12H,13H2. The maximum absolute atomic E-state index is 14.3. The van der Waals surface area contributed by atoms with E-state index >= 15 is 0 Å². The van der Waals surface area contributed by atoms with Crippen LogP contribution in [0, 0.1) is 11.6 Å². The molecule has 0 radical (unpaired) electrons. The zero-order valence-corrected chi connectivity index (χ0v) is 12.7. The second kappa shape index (κ2) is 7.04. The lowest BCUT2D eigenvalue weighted by molar-refractivity contribution is 0.112.